The summed E-state index contributed by atoms with van der Waals surface area (Å²) in [6.07, 6.45) is 12.3. The topological polar surface area (TPSA) is 158 Å². The second-order valence-corrected chi connectivity index (χ2v) is 15.2. The van der Waals surface area contributed by atoms with Gasteiger partial charge in [0.05, 0.1) is 36.9 Å². The van der Waals surface area contributed by atoms with Gasteiger partial charge >= 0.3 is 6.09 Å². The van der Waals surface area contributed by atoms with E-state index in [-0.39, 0.29) is 35.6 Å². The number of amides is 3. The van der Waals surface area contributed by atoms with Crippen molar-refractivity contribution in [3.63, 3.8) is 0 Å². The molecule has 4 heterocycles. The lowest BCUT2D eigenvalue weighted by Gasteiger charge is -2.30. The number of aromatic amines is 2. The molecule has 4 N–H and O–H groups in total. The van der Waals surface area contributed by atoms with E-state index in [1.165, 1.54) is 7.11 Å². The van der Waals surface area contributed by atoms with Gasteiger partial charge in [-0.15, -0.1) is 0 Å². The summed E-state index contributed by atoms with van der Waals surface area (Å²) in [7, 11) is 1.30. The summed E-state index contributed by atoms with van der Waals surface area (Å²) in [4.78, 5) is 61.3. The van der Waals surface area contributed by atoms with Crippen LogP contribution in [0.3, 0.4) is 0 Å². The first-order valence-corrected chi connectivity index (χ1v) is 19.3. The van der Waals surface area contributed by atoms with Gasteiger partial charge < -0.3 is 30.2 Å². The van der Waals surface area contributed by atoms with Crippen LogP contribution < -0.4 is 10.6 Å². The van der Waals surface area contributed by atoms with Gasteiger partial charge in [0.25, 0.3) is 0 Å². The molecule has 1 aliphatic carbocycles. The number of hydrogen-bond donors (Lipinski definition) is 4. The number of hydrogen-bond acceptors (Lipinski definition) is 7. The molecule has 1 saturated heterocycles. The molecule has 0 radical (unpaired) electrons. The Labute approximate surface area is 321 Å². The number of ether oxygens (including phenoxy) is 1. The van der Waals surface area contributed by atoms with E-state index in [0.717, 1.165) is 94.9 Å². The largest absolute Gasteiger partial charge is 0.453 e. The molecule has 4 atom stereocenters. The number of aromatic nitrogens is 5. The van der Waals surface area contributed by atoms with Crippen LogP contribution in [0.4, 0.5) is 4.79 Å². The van der Waals surface area contributed by atoms with Gasteiger partial charge in [-0.25, -0.2) is 14.8 Å². The van der Waals surface area contributed by atoms with Crippen LogP contribution in [0.25, 0.3) is 33.6 Å². The first-order valence-electron chi connectivity index (χ1n) is 19.3. The molecule has 12 nitrogen and oxygen atoms in total. The highest BCUT2D eigenvalue weighted by Crippen LogP contribution is 2.38. The zero-order valence-corrected chi connectivity index (χ0v) is 32.0. The lowest BCUT2D eigenvalue weighted by molar-refractivity contribution is -0.135. The van der Waals surface area contributed by atoms with Crippen LogP contribution in [0.5, 0.6) is 0 Å². The number of H-pyrrole nitrogens is 2. The summed E-state index contributed by atoms with van der Waals surface area (Å²) < 4.78 is 4.76. The van der Waals surface area contributed by atoms with Gasteiger partial charge in [0.2, 0.25) is 11.8 Å². The summed E-state index contributed by atoms with van der Waals surface area (Å²) in [5.74, 6) is 1.39. The summed E-state index contributed by atoms with van der Waals surface area (Å²) in [6, 6.07) is 17.9. The SMILES string of the molecule is COC(=O)N[C@H](C(=O)N1CCC[C@H]1c1ncc(-c2ccc(-c3ccc(-c4cnc([C@H]5CCCC[C@@H]5C(=O)NCc5cncc(C)c5)[nH]4)cc3)cc2)[nH]1)C(C)C. The van der Waals surface area contributed by atoms with Crippen molar-refractivity contribution in [1.29, 1.82) is 0 Å². The van der Waals surface area contributed by atoms with Gasteiger partial charge in [0.15, 0.2) is 0 Å². The van der Waals surface area contributed by atoms with Crippen LogP contribution in [-0.2, 0) is 20.9 Å². The zero-order valence-electron chi connectivity index (χ0n) is 32.0. The summed E-state index contributed by atoms with van der Waals surface area (Å²) >= 11 is 0. The molecule has 2 aliphatic rings. The molecule has 5 aromatic rings. The number of nitrogens with zero attached hydrogens (tertiary/aromatic N) is 4. The van der Waals surface area contributed by atoms with Crippen LogP contribution in [-0.4, -0.2) is 67.4 Å². The van der Waals surface area contributed by atoms with Gasteiger partial charge in [-0.05, 0) is 71.9 Å². The number of likely N-dealkylation sites (tertiary alicyclic amines) is 1. The zero-order chi connectivity index (χ0) is 38.5. The smallest absolute Gasteiger partial charge is 0.407 e. The highest BCUT2D eigenvalue weighted by Gasteiger charge is 2.38. The van der Waals surface area contributed by atoms with Gasteiger partial charge in [-0.3, -0.25) is 14.6 Å². The first kappa shape index (κ1) is 37.5. The molecule has 3 aromatic heterocycles. The van der Waals surface area contributed by atoms with E-state index in [1.54, 1.807) is 6.20 Å². The maximum atomic E-state index is 13.5. The molecule has 12 heteroatoms. The Kier molecular flexibility index (Phi) is 11.4. The molecule has 0 unspecified atom stereocenters. The average molecular weight is 743 g/mol. The Balaban J connectivity index is 0.986. The fourth-order valence-electron chi connectivity index (χ4n) is 8.01. The number of imidazole rings is 2. The molecule has 2 fully saturated rings. The van der Waals surface area contributed by atoms with Crippen molar-refractivity contribution in [1.82, 2.24) is 40.5 Å². The predicted octanol–water partition coefficient (Wildman–Crippen LogP) is 7.47. The molecule has 55 heavy (non-hydrogen) atoms. The van der Waals surface area contributed by atoms with Crippen molar-refractivity contribution in [3.8, 4) is 33.6 Å². The molecular formula is C43H50N8O4. The minimum atomic E-state index is -0.677. The number of alkyl carbamates (subject to hydrolysis) is 1. The van der Waals surface area contributed by atoms with E-state index in [1.807, 2.05) is 44.3 Å². The van der Waals surface area contributed by atoms with E-state index >= 15 is 0 Å². The van der Waals surface area contributed by atoms with Crippen molar-refractivity contribution < 1.29 is 19.1 Å². The monoisotopic (exact) mass is 742 g/mol. The maximum absolute atomic E-state index is 13.5. The van der Waals surface area contributed by atoms with Crippen molar-refractivity contribution in [2.24, 2.45) is 11.8 Å². The Hall–Kier alpha value is -5.78. The van der Waals surface area contributed by atoms with Crippen molar-refractivity contribution >= 4 is 17.9 Å². The third kappa shape index (κ3) is 8.48. The van der Waals surface area contributed by atoms with Gasteiger partial charge in [-0.2, -0.15) is 0 Å². The minimum Gasteiger partial charge on any atom is -0.453 e. The lowest BCUT2D eigenvalue weighted by atomic mass is 9.78. The van der Waals surface area contributed by atoms with Crippen LogP contribution in [0.2, 0.25) is 0 Å². The van der Waals surface area contributed by atoms with Crippen LogP contribution in [0, 0.1) is 18.8 Å². The molecule has 2 aromatic carbocycles. The highest BCUT2D eigenvalue weighted by molar-refractivity contribution is 5.86. The minimum absolute atomic E-state index is 0.0500. The number of carbonyl (C=O) groups is 3. The predicted molar refractivity (Wildman–Crippen MR) is 210 cm³/mol. The molecule has 1 saturated carbocycles. The second kappa shape index (κ2) is 16.7. The number of rotatable bonds is 11. The van der Waals surface area contributed by atoms with E-state index in [0.29, 0.717) is 13.1 Å². The first-order chi connectivity index (χ1) is 26.7. The molecule has 0 spiro atoms. The number of aryl methyl sites for hydroxylation is 1. The Morgan fingerprint density at radius 1 is 0.818 bits per heavy atom. The van der Waals surface area contributed by atoms with Crippen molar-refractivity contribution in [3.05, 3.63) is 102 Å². The average Bonchev–Trinajstić information content (AvgIpc) is 4.01. The van der Waals surface area contributed by atoms with E-state index in [2.05, 4.69) is 85.2 Å². The number of pyridine rings is 1. The van der Waals surface area contributed by atoms with E-state index in [4.69, 9.17) is 9.72 Å². The maximum Gasteiger partial charge on any atom is 0.407 e. The Morgan fingerprint density at radius 3 is 2.07 bits per heavy atom. The fraction of sp³-hybridized carbons (Fsp3) is 0.395. The van der Waals surface area contributed by atoms with Crippen LogP contribution >= 0.6 is 0 Å². The highest BCUT2D eigenvalue weighted by atomic mass is 16.5. The summed E-state index contributed by atoms with van der Waals surface area (Å²) in [5.41, 5.74) is 8.10. The standard InChI is InChI=1S/C43H50N8O4/c1-26(2)38(50-43(54)55-4)42(53)51-19-7-10-37(51)40-46-25-36(49-40)32-17-13-30(14-18-32)29-11-15-31(16-12-29)35-24-45-39(48-35)33-8-5-6-9-34(33)41(52)47-23-28-20-27(3)21-44-22-28/h11-18,20-22,24-26,33-34,37-38H,5-10,19,23H2,1-4H3,(H,45,48)(H,46,49)(H,47,52)(H,50,54)/t33-,34-,37-,38-/m0/s1. The molecule has 0 bridgehead atoms. The molecule has 1 aliphatic heterocycles. The van der Waals surface area contributed by atoms with Gasteiger partial charge in [0, 0.05) is 37.3 Å². The lowest BCUT2D eigenvalue weighted by Crippen LogP contribution is -2.51. The molecule has 3 amide bonds. The second-order valence-electron chi connectivity index (χ2n) is 15.2. The third-order valence-electron chi connectivity index (χ3n) is 11.0. The van der Waals surface area contributed by atoms with Gasteiger partial charge in [-0.1, -0.05) is 81.3 Å². The molecule has 286 valence electrons. The number of benzene rings is 2. The van der Waals surface area contributed by atoms with E-state index < -0.39 is 12.1 Å². The Morgan fingerprint density at radius 2 is 1.44 bits per heavy atom. The normalized spacial score (nSPS) is 18.9. The van der Waals surface area contributed by atoms with Crippen LogP contribution in [0.15, 0.2) is 79.4 Å². The molecule has 7 rings (SSSR count). The molecular weight excluding hydrogens is 693 g/mol. The fourth-order valence-corrected chi connectivity index (χ4v) is 8.01. The van der Waals surface area contributed by atoms with Gasteiger partial charge in [0.1, 0.15) is 17.7 Å². The third-order valence-corrected chi connectivity index (χ3v) is 11.0. The van der Waals surface area contributed by atoms with Crippen molar-refractivity contribution in [2.45, 2.75) is 83.8 Å². The summed E-state index contributed by atoms with van der Waals surface area (Å²) in [5, 5.41) is 5.85. The quantitative estimate of drug-likeness (QED) is 0.109. The number of nitrogens with one attached hydrogen (secondary N) is 4. The number of methoxy groups -OCH3 is 1. The van der Waals surface area contributed by atoms with Crippen LogP contribution in [0.1, 0.15) is 87.1 Å². The van der Waals surface area contributed by atoms with Crippen molar-refractivity contribution in [2.75, 3.05) is 13.7 Å². The number of carbonyl (C=O) groups excluding carboxylic acids is 3. The van der Waals surface area contributed by atoms with E-state index in [9.17, 15) is 14.4 Å². The Bertz CT molecular complexity index is 2110. The summed E-state index contributed by atoms with van der Waals surface area (Å²) in [6.45, 7) is 6.90.